The summed E-state index contributed by atoms with van der Waals surface area (Å²) in [6, 6.07) is 4.90. The van der Waals surface area contributed by atoms with Gasteiger partial charge in [-0.05, 0) is 34.5 Å². The number of ether oxygens (including phenoxy) is 2. The molecule has 2 aromatic rings. The van der Waals surface area contributed by atoms with E-state index >= 15 is 0 Å². The summed E-state index contributed by atoms with van der Waals surface area (Å²) >= 11 is 3.41. The lowest BCUT2D eigenvalue weighted by atomic mass is 10.0. The van der Waals surface area contributed by atoms with E-state index in [0.717, 1.165) is 10.0 Å². The highest BCUT2D eigenvalue weighted by atomic mass is 79.9. The largest absolute Gasteiger partial charge is 0.481 e. The quantitative estimate of drug-likeness (QED) is 0.670. The van der Waals surface area contributed by atoms with E-state index in [1.54, 1.807) is 30.2 Å². The number of hydrogen-bond donors (Lipinski definition) is 0. The molecule has 1 aliphatic rings. The van der Waals surface area contributed by atoms with Crippen molar-refractivity contribution in [2.75, 3.05) is 20.3 Å². The second-order valence-electron chi connectivity index (χ2n) is 5.89. The van der Waals surface area contributed by atoms with Gasteiger partial charge in [-0.15, -0.1) is 0 Å². The lowest BCUT2D eigenvalue weighted by Crippen LogP contribution is -2.43. The average molecular weight is 422 g/mol. The van der Waals surface area contributed by atoms with Gasteiger partial charge in [-0.25, -0.2) is 4.98 Å². The van der Waals surface area contributed by atoms with Crippen molar-refractivity contribution >= 4 is 27.8 Å². The summed E-state index contributed by atoms with van der Waals surface area (Å²) in [5.41, 5.74) is 1.37. The molecule has 0 saturated carbocycles. The second-order valence-corrected chi connectivity index (χ2v) is 6.81. The first kappa shape index (κ1) is 18.4. The van der Waals surface area contributed by atoms with Crippen LogP contribution in [0, 0.1) is 0 Å². The standard InChI is InChI=1S/C18H20BrN3O4/c1-3-26-17(23)9-14(12-4-5-16(25-2)20-10-12)22-7-6-21-11-13(19)8-15(21)18(22)24/h4-5,8,10-11,14H,3,6-7,9H2,1-2H3/t14-/m0/s1. The summed E-state index contributed by atoms with van der Waals surface area (Å²) in [7, 11) is 1.54. The molecule has 0 N–H and O–H groups in total. The number of fused-ring (bicyclic) bond motifs is 1. The number of halogens is 1. The summed E-state index contributed by atoms with van der Waals surface area (Å²) in [5, 5.41) is 0. The fourth-order valence-electron chi connectivity index (χ4n) is 3.10. The van der Waals surface area contributed by atoms with Gasteiger partial charge in [-0.2, -0.15) is 0 Å². The van der Waals surface area contributed by atoms with Gasteiger partial charge in [0.15, 0.2) is 0 Å². The van der Waals surface area contributed by atoms with E-state index in [4.69, 9.17) is 9.47 Å². The topological polar surface area (TPSA) is 73.7 Å². The molecule has 0 aromatic carbocycles. The summed E-state index contributed by atoms with van der Waals surface area (Å²) in [5.74, 6) is 0.0155. The molecule has 0 unspecified atom stereocenters. The molecule has 1 atom stereocenters. The number of carbonyl (C=O) groups excluding carboxylic acids is 2. The first-order valence-corrected chi connectivity index (χ1v) is 9.15. The summed E-state index contributed by atoms with van der Waals surface area (Å²) in [6.45, 7) is 3.23. The van der Waals surface area contributed by atoms with E-state index in [0.29, 0.717) is 31.3 Å². The molecule has 0 aliphatic carbocycles. The van der Waals surface area contributed by atoms with Gasteiger partial charge in [-0.3, -0.25) is 9.59 Å². The summed E-state index contributed by atoms with van der Waals surface area (Å²) in [4.78, 5) is 31.1. The lowest BCUT2D eigenvalue weighted by Gasteiger charge is -2.35. The van der Waals surface area contributed by atoms with Crippen molar-refractivity contribution in [3.05, 3.63) is 46.3 Å². The highest BCUT2D eigenvalue weighted by molar-refractivity contribution is 9.10. The Morgan fingerprint density at radius 2 is 2.19 bits per heavy atom. The Hall–Kier alpha value is -2.35. The van der Waals surface area contributed by atoms with E-state index in [1.807, 2.05) is 16.8 Å². The lowest BCUT2D eigenvalue weighted by molar-refractivity contribution is -0.144. The number of nitrogens with zero attached hydrogens (tertiary/aromatic N) is 3. The molecule has 0 bridgehead atoms. The molecular weight excluding hydrogens is 402 g/mol. The molecule has 8 heteroatoms. The first-order chi connectivity index (χ1) is 12.5. The molecule has 0 spiro atoms. The van der Waals surface area contributed by atoms with Crippen molar-refractivity contribution in [1.82, 2.24) is 14.5 Å². The Morgan fingerprint density at radius 1 is 1.38 bits per heavy atom. The molecule has 0 radical (unpaired) electrons. The highest BCUT2D eigenvalue weighted by Gasteiger charge is 2.33. The van der Waals surface area contributed by atoms with Gasteiger partial charge in [-0.1, -0.05) is 6.07 Å². The van der Waals surface area contributed by atoms with Crippen LogP contribution in [0.15, 0.2) is 35.1 Å². The van der Waals surface area contributed by atoms with E-state index in [-0.39, 0.29) is 18.3 Å². The van der Waals surface area contributed by atoms with Crippen molar-refractivity contribution in [2.24, 2.45) is 0 Å². The Bertz CT molecular complexity index is 803. The molecular formula is C18H20BrN3O4. The third-order valence-corrected chi connectivity index (χ3v) is 4.75. The molecule has 138 valence electrons. The van der Waals surface area contributed by atoms with Crippen LogP contribution in [0.5, 0.6) is 5.88 Å². The van der Waals surface area contributed by atoms with Gasteiger partial charge in [0.1, 0.15) is 5.69 Å². The van der Waals surface area contributed by atoms with E-state index in [1.165, 1.54) is 7.11 Å². The van der Waals surface area contributed by atoms with Crippen LogP contribution in [0.4, 0.5) is 0 Å². The maximum atomic E-state index is 13.0. The zero-order valence-electron chi connectivity index (χ0n) is 14.6. The minimum Gasteiger partial charge on any atom is -0.481 e. The number of hydrogen-bond acceptors (Lipinski definition) is 5. The van der Waals surface area contributed by atoms with Crippen molar-refractivity contribution < 1.29 is 19.1 Å². The molecule has 1 aliphatic heterocycles. The third-order valence-electron chi connectivity index (χ3n) is 4.32. The molecule has 3 heterocycles. The summed E-state index contributed by atoms with van der Waals surface area (Å²) in [6.07, 6.45) is 3.61. The van der Waals surface area contributed by atoms with Crippen LogP contribution in [-0.2, 0) is 16.1 Å². The van der Waals surface area contributed by atoms with Crippen molar-refractivity contribution in [3.63, 3.8) is 0 Å². The van der Waals surface area contributed by atoms with Gasteiger partial charge >= 0.3 is 5.97 Å². The van der Waals surface area contributed by atoms with Crippen LogP contribution in [0.25, 0.3) is 0 Å². The van der Waals surface area contributed by atoms with Crippen LogP contribution in [-0.4, -0.2) is 46.6 Å². The molecule has 1 amide bonds. The minimum atomic E-state index is -0.442. The molecule has 3 rings (SSSR count). The third kappa shape index (κ3) is 3.75. The number of amides is 1. The maximum Gasteiger partial charge on any atom is 0.308 e. The zero-order valence-corrected chi connectivity index (χ0v) is 16.2. The normalized spacial score (nSPS) is 14.7. The van der Waals surface area contributed by atoms with Gasteiger partial charge in [0, 0.05) is 36.0 Å². The number of esters is 1. The Morgan fingerprint density at radius 3 is 2.85 bits per heavy atom. The number of pyridine rings is 1. The zero-order chi connectivity index (χ0) is 18.7. The number of carbonyl (C=O) groups is 2. The maximum absolute atomic E-state index is 13.0. The number of aromatic nitrogens is 2. The molecule has 0 saturated heterocycles. The fourth-order valence-corrected chi connectivity index (χ4v) is 3.56. The minimum absolute atomic E-state index is 0.0788. The Balaban J connectivity index is 1.92. The molecule has 7 nitrogen and oxygen atoms in total. The van der Waals surface area contributed by atoms with Gasteiger partial charge in [0.05, 0.1) is 26.2 Å². The Labute approximate surface area is 160 Å². The smallest absolute Gasteiger partial charge is 0.308 e. The fraction of sp³-hybridized carbons (Fsp3) is 0.389. The van der Waals surface area contributed by atoms with E-state index < -0.39 is 6.04 Å². The summed E-state index contributed by atoms with van der Waals surface area (Å²) < 4.78 is 13.0. The van der Waals surface area contributed by atoms with Crippen LogP contribution in [0.3, 0.4) is 0 Å². The van der Waals surface area contributed by atoms with Crippen LogP contribution < -0.4 is 4.74 Å². The Kier molecular flexibility index (Phi) is 5.61. The van der Waals surface area contributed by atoms with Crippen molar-refractivity contribution in [1.29, 1.82) is 0 Å². The molecule has 26 heavy (non-hydrogen) atoms. The SMILES string of the molecule is CCOC(=O)C[C@@H](c1ccc(OC)nc1)N1CCn2cc(Br)cc2C1=O. The highest BCUT2D eigenvalue weighted by Crippen LogP contribution is 2.30. The average Bonchev–Trinajstić information content (AvgIpc) is 3.02. The van der Waals surface area contributed by atoms with Gasteiger partial charge < -0.3 is 18.9 Å². The van der Waals surface area contributed by atoms with Gasteiger partial charge in [0.25, 0.3) is 5.91 Å². The van der Waals surface area contributed by atoms with Crippen molar-refractivity contribution in [3.8, 4) is 5.88 Å². The van der Waals surface area contributed by atoms with Gasteiger partial charge in [0.2, 0.25) is 5.88 Å². The van der Waals surface area contributed by atoms with Crippen molar-refractivity contribution in [2.45, 2.75) is 25.9 Å². The molecule has 0 fully saturated rings. The number of rotatable bonds is 6. The molecule has 2 aromatic heterocycles. The second kappa shape index (κ2) is 7.90. The predicted molar refractivity (Wildman–Crippen MR) is 97.9 cm³/mol. The van der Waals surface area contributed by atoms with Crippen LogP contribution in [0.2, 0.25) is 0 Å². The monoisotopic (exact) mass is 421 g/mol. The predicted octanol–water partition coefficient (Wildman–Crippen LogP) is 2.80. The van der Waals surface area contributed by atoms with E-state index in [9.17, 15) is 9.59 Å². The first-order valence-electron chi connectivity index (χ1n) is 8.35. The van der Waals surface area contributed by atoms with Crippen LogP contribution in [0.1, 0.15) is 35.4 Å². The van der Waals surface area contributed by atoms with Crippen LogP contribution >= 0.6 is 15.9 Å². The van der Waals surface area contributed by atoms with E-state index in [2.05, 4.69) is 20.9 Å². The number of methoxy groups -OCH3 is 1.